The highest BCUT2D eigenvalue weighted by Gasteiger charge is 2.23. The Morgan fingerprint density at radius 2 is 2.15 bits per heavy atom. The summed E-state index contributed by atoms with van der Waals surface area (Å²) in [7, 11) is 3.61. The van der Waals surface area contributed by atoms with Crippen molar-refractivity contribution in [2.75, 3.05) is 33.8 Å². The van der Waals surface area contributed by atoms with Crippen molar-refractivity contribution in [1.82, 2.24) is 10.2 Å². The normalized spacial score (nSPS) is 16.2. The smallest absolute Gasteiger partial charge is 0.253 e. The van der Waals surface area contributed by atoms with Crippen LogP contribution in [0.4, 0.5) is 0 Å². The third-order valence-corrected chi connectivity index (χ3v) is 4.02. The fourth-order valence-electron chi connectivity index (χ4n) is 2.71. The minimum absolute atomic E-state index is 0.121. The fraction of sp³-hybridized carbons (Fsp3) is 0.562. The van der Waals surface area contributed by atoms with Crippen molar-refractivity contribution in [3.8, 4) is 5.75 Å². The summed E-state index contributed by atoms with van der Waals surface area (Å²) in [6, 6.07) is 7.40. The van der Waals surface area contributed by atoms with E-state index in [1.165, 1.54) is 6.42 Å². The Morgan fingerprint density at radius 1 is 1.40 bits per heavy atom. The molecule has 2 rings (SSSR count). The van der Waals surface area contributed by atoms with Crippen LogP contribution in [0.1, 0.15) is 29.6 Å². The van der Waals surface area contributed by atoms with Crippen molar-refractivity contribution in [3.63, 3.8) is 0 Å². The molecule has 0 spiro atoms. The fourth-order valence-corrected chi connectivity index (χ4v) is 2.71. The SMILES string of the molecule is CNCCC1CCN(C(=O)c2cccc(OC)c2)CC1. The minimum Gasteiger partial charge on any atom is -0.497 e. The van der Waals surface area contributed by atoms with Gasteiger partial charge in [-0.05, 0) is 57.0 Å². The van der Waals surface area contributed by atoms with Gasteiger partial charge in [0.25, 0.3) is 5.91 Å². The quantitative estimate of drug-likeness (QED) is 0.896. The van der Waals surface area contributed by atoms with Gasteiger partial charge in [0.2, 0.25) is 0 Å². The first-order valence-electron chi connectivity index (χ1n) is 7.32. The van der Waals surface area contributed by atoms with Crippen molar-refractivity contribution in [1.29, 1.82) is 0 Å². The Labute approximate surface area is 121 Å². The Bertz CT molecular complexity index is 440. The van der Waals surface area contributed by atoms with E-state index in [1.807, 2.05) is 36.2 Å². The summed E-state index contributed by atoms with van der Waals surface area (Å²) in [5.74, 6) is 1.60. The van der Waals surface area contributed by atoms with Crippen molar-refractivity contribution in [2.45, 2.75) is 19.3 Å². The summed E-state index contributed by atoms with van der Waals surface area (Å²) in [4.78, 5) is 14.4. The summed E-state index contributed by atoms with van der Waals surface area (Å²) in [5.41, 5.74) is 0.720. The van der Waals surface area contributed by atoms with Crippen molar-refractivity contribution < 1.29 is 9.53 Å². The highest BCUT2D eigenvalue weighted by Crippen LogP contribution is 2.22. The van der Waals surface area contributed by atoms with E-state index >= 15 is 0 Å². The van der Waals surface area contributed by atoms with Gasteiger partial charge in [-0.25, -0.2) is 0 Å². The molecule has 0 bridgehead atoms. The largest absolute Gasteiger partial charge is 0.497 e. The van der Waals surface area contributed by atoms with Crippen LogP contribution in [0.15, 0.2) is 24.3 Å². The van der Waals surface area contributed by atoms with Crippen molar-refractivity contribution in [2.24, 2.45) is 5.92 Å². The van der Waals surface area contributed by atoms with Gasteiger partial charge < -0.3 is 15.0 Å². The van der Waals surface area contributed by atoms with Crippen LogP contribution in [0, 0.1) is 5.92 Å². The number of nitrogens with zero attached hydrogens (tertiary/aromatic N) is 1. The number of hydrogen-bond acceptors (Lipinski definition) is 3. The Kier molecular flexibility index (Phi) is 5.41. The molecule has 1 aliphatic heterocycles. The third kappa shape index (κ3) is 3.73. The summed E-state index contributed by atoms with van der Waals surface area (Å²) in [5, 5.41) is 3.19. The van der Waals surface area contributed by atoms with Gasteiger partial charge in [0.05, 0.1) is 7.11 Å². The zero-order valence-corrected chi connectivity index (χ0v) is 12.4. The van der Waals surface area contributed by atoms with Crippen LogP contribution < -0.4 is 10.1 Å². The lowest BCUT2D eigenvalue weighted by Gasteiger charge is -2.32. The molecule has 1 heterocycles. The molecule has 0 aromatic heterocycles. The molecule has 0 unspecified atom stereocenters. The molecule has 1 fully saturated rings. The first-order chi connectivity index (χ1) is 9.74. The molecule has 4 heteroatoms. The van der Waals surface area contributed by atoms with Gasteiger partial charge in [0.1, 0.15) is 5.75 Å². The van der Waals surface area contributed by atoms with Gasteiger partial charge in [-0.2, -0.15) is 0 Å². The predicted octanol–water partition coefficient (Wildman–Crippen LogP) is 2.16. The molecule has 0 saturated carbocycles. The van der Waals surface area contributed by atoms with E-state index in [9.17, 15) is 4.79 Å². The Balaban J connectivity index is 1.91. The zero-order valence-electron chi connectivity index (χ0n) is 12.4. The van der Waals surface area contributed by atoms with Gasteiger partial charge in [0, 0.05) is 18.7 Å². The first kappa shape index (κ1) is 14.9. The second kappa shape index (κ2) is 7.29. The maximum Gasteiger partial charge on any atom is 0.253 e. The molecular weight excluding hydrogens is 252 g/mol. The molecule has 1 aliphatic rings. The number of carbonyl (C=O) groups excluding carboxylic acids is 1. The van der Waals surface area contributed by atoms with Crippen LogP contribution in [0.25, 0.3) is 0 Å². The maximum atomic E-state index is 12.4. The molecule has 1 aromatic rings. The zero-order chi connectivity index (χ0) is 14.4. The third-order valence-electron chi connectivity index (χ3n) is 4.02. The number of hydrogen-bond donors (Lipinski definition) is 1. The number of likely N-dealkylation sites (tertiary alicyclic amines) is 1. The molecule has 0 radical (unpaired) electrons. The number of piperidine rings is 1. The van der Waals surface area contributed by atoms with Gasteiger partial charge in [-0.1, -0.05) is 6.07 Å². The Morgan fingerprint density at radius 3 is 2.80 bits per heavy atom. The number of amides is 1. The molecule has 1 aromatic carbocycles. The second-order valence-electron chi connectivity index (χ2n) is 5.36. The molecule has 1 amide bonds. The van der Waals surface area contributed by atoms with Gasteiger partial charge in [0.15, 0.2) is 0 Å². The molecule has 4 nitrogen and oxygen atoms in total. The van der Waals surface area contributed by atoms with Crippen LogP contribution in [0.3, 0.4) is 0 Å². The number of methoxy groups -OCH3 is 1. The summed E-state index contributed by atoms with van der Waals surface area (Å²) in [6.45, 7) is 2.79. The van der Waals surface area contributed by atoms with Crippen molar-refractivity contribution >= 4 is 5.91 Å². The highest BCUT2D eigenvalue weighted by molar-refractivity contribution is 5.94. The van der Waals surface area contributed by atoms with Crippen LogP contribution >= 0.6 is 0 Å². The number of ether oxygens (including phenoxy) is 1. The van der Waals surface area contributed by atoms with Gasteiger partial charge in [-0.15, -0.1) is 0 Å². The van der Waals surface area contributed by atoms with E-state index in [0.717, 1.165) is 49.7 Å². The van der Waals surface area contributed by atoms with Crippen LogP contribution in [0.2, 0.25) is 0 Å². The highest BCUT2D eigenvalue weighted by atomic mass is 16.5. The molecule has 0 atom stereocenters. The van der Waals surface area contributed by atoms with E-state index in [-0.39, 0.29) is 5.91 Å². The first-order valence-corrected chi connectivity index (χ1v) is 7.32. The van der Waals surface area contributed by atoms with E-state index in [2.05, 4.69) is 5.32 Å². The number of rotatable bonds is 5. The van der Waals surface area contributed by atoms with Crippen LogP contribution in [-0.2, 0) is 0 Å². The molecule has 1 N–H and O–H groups in total. The molecular formula is C16H24N2O2. The van der Waals surface area contributed by atoms with E-state index in [4.69, 9.17) is 4.74 Å². The molecule has 0 aliphatic carbocycles. The average molecular weight is 276 g/mol. The standard InChI is InChI=1S/C16H24N2O2/c1-17-9-6-13-7-10-18(11-8-13)16(19)14-4-3-5-15(12-14)20-2/h3-5,12-13,17H,6-11H2,1-2H3. The summed E-state index contributed by atoms with van der Waals surface area (Å²) in [6.07, 6.45) is 3.42. The van der Waals surface area contributed by atoms with Gasteiger partial charge in [-0.3, -0.25) is 4.79 Å². The van der Waals surface area contributed by atoms with Crippen LogP contribution in [0.5, 0.6) is 5.75 Å². The molecule has 1 saturated heterocycles. The minimum atomic E-state index is 0.121. The summed E-state index contributed by atoms with van der Waals surface area (Å²) < 4.78 is 5.18. The van der Waals surface area contributed by atoms with E-state index in [1.54, 1.807) is 7.11 Å². The average Bonchev–Trinajstić information content (AvgIpc) is 2.52. The lowest BCUT2D eigenvalue weighted by molar-refractivity contribution is 0.0687. The number of carbonyl (C=O) groups is 1. The predicted molar refractivity (Wildman–Crippen MR) is 80.2 cm³/mol. The molecule has 20 heavy (non-hydrogen) atoms. The lowest BCUT2D eigenvalue weighted by Crippen LogP contribution is -2.38. The van der Waals surface area contributed by atoms with Crippen molar-refractivity contribution in [3.05, 3.63) is 29.8 Å². The van der Waals surface area contributed by atoms with Gasteiger partial charge >= 0.3 is 0 Å². The lowest BCUT2D eigenvalue weighted by atomic mass is 9.93. The summed E-state index contributed by atoms with van der Waals surface area (Å²) >= 11 is 0. The number of benzene rings is 1. The Hall–Kier alpha value is -1.55. The molecule has 110 valence electrons. The number of nitrogens with one attached hydrogen (secondary N) is 1. The monoisotopic (exact) mass is 276 g/mol. The maximum absolute atomic E-state index is 12.4. The van der Waals surface area contributed by atoms with Crippen LogP contribution in [-0.4, -0.2) is 44.6 Å². The second-order valence-corrected chi connectivity index (χ2v) is 5.36. The topological polar surface area (TPSA) is 41.6 Å². The van der Waals surface area contributed by atoms with E-state index in [0.29, 0.717) is 0 Å². The van der Waals surface area contributed by atoms with E-state index < -0.39 is 0 Å².